The van der Waals surface area contributed by atoms with Gasteiger partial charge in [0, 0.05) is 37.9 Å². The van der Waals surface area contributed by atoms with Crippen LogP contribution in [0.1, 0.15) is 5.56 Å². The molecule has 0 spiro atoms. The van der Waals surface area contributed by atoms with Gasteiger partial charge in [0.15, 0.2) is 5.57 Å². The second-order valence-electron chi connectivity index (χ2n) is 5.36. The third-order valence-electron chi connectivity index (χ3n) is 3.82. The molecule has 0 bridgehead atoms. The molecule has 0 radical (unpaired) electrons. The van der Waals surface area contributed by atoms with E-state index in [1.54, 1.807) is 31.2 Å². The highest BCUT2D eigenvalue weighted by molar-refractivity contribution is 5.74. The first kappa shape index (κ1) is 17.7. The van der Waals surface area contributed by atoms with Crippen molar-refractivity contribution in [3.8, 4) is 18.2 Å². The molecule has 126 valence electrons. The van der Waals surface area contributed by atoms with Crippen LogP contribution in [0.4, 0.5) is 17.1 Å². The summed E-state index contributed by atoms with van der Waals surface area (Å²) >= 11 is 0. The summed E-state index contributed by atoms with van der Waals surface area (Å²) in [7, 11) is 0. The summed E-state index contributed by atoms with van der Waals surface area (Å²) in [6.45, 7) is 4.32. The number of benzene rings is 1. The number of nitro benzene ring substituents is 1. The maximum Gasteiger partial charge on any atom is 0.292 e. The Morgan fingerprint density at radius 2 is 1.88 bits per heavy atom. The second-order valence-corrected chi connectivity index (χ2v) is 5.36. The first-order chi connectivity index (χ1) is 12.0. The normalized spacial score (nSPS) is 13.1. The van der Waals surface area contributed by atoms with Crippen molar-refractivity contribution in [2.45, 2.75) is 6.92 Å². The maximum absolute atomic E-state index is 11.4. The van der Waals surface area contributed by atoms with Crippen molar-refractivity contribution in [1.29, 1.82) is 15.8 Å². The number of allylic oxidation sites excluding steroid dienone is 2. The Bertz CT molecular complexity index is 833. The zero-order valence-corrected chi connectivity index (χ0v) is 13.5. The van der Waals surface area contributed by atoms with Crippen molar-refractivity contribution in [2.75, 3.05) is 36.4 Å². The first-order valence-electron chi connectivity index (χ1n) is 7.48. The van der Waals surface area contributed by atoms with Gasteiger partial charge in [-0.15, -0.1) is 0 Å². The van der Waals surface area contributed by atoms with Crippen molar-refractivity contribution >= 4 is 17.1 Å². The van der Waals surface area contributed by atoms with Crippen LogP contribution in [0, 0.1) is 51.0 Å². The Morgan fingerprint density at radius 3 is 2.40 bits per heavy atom. The lowest BCUT2D eigenvalue weighted by molar-refractivity contribution is -0.384. The molecule has 1 aromatic carbocycles. The molecule has 1 heterocycles. The van der Waals surface area contributed by atoms with Gasteiger partial charge in [0.2, 0.25) is 0 Å². The third-order valence-corrected chi connectivity index (χ3v) is 3.82. The summed E-state index contributed by atoms with van der Waals surface area (Å²) in [6.07, 6.45) is 0. The van der Waals surface area contributed by atoms with Gasteiger partial charge in [-0.25, -0.2) is 0 Å². The predicted octanol–water partition coefficient (Wildman–Crippen LogP) is 1.55. The van der Waals surface area contributed by atoms with Gasteiger partial charge in [0.1, 0.15) is 29.6 Å². The molecule has 0 atom stereocenters. The number of nitrogens with zero attached hydrogens (tertiary/aromatic N) is 5. The fourth-order valence-electron chi connectivity index (χ4n) is 2.54. The molecule has 0 aliphatic carbocycles. The van der Waals surface area contributed by atoms with Crippen molar-refractivity contribution in [2.24, 2.45) is 0 Å². The topological polar surface area (TPSA) is 142 Å². The molecular formula is C16H15N7O2. The summed E-state index contributed by atoms with van der Waals surface area (Å²) in [5.74, 6) is 0. The van der Waals surface area contributed by atoms with Crippen LogP contribution in [0.25, 0.3) is 0 Å². The van der Waals surface area contributed by atoms with Crippen LogP contribution in [0.3, 0.4) is 0 Å². The van der Waals surface area contributed by atoms with E-state index in [2.05, 4.69) is 10.6 Å². The smallest absolute Gasteiger partial charge is 0.292 e. The minimum Gasteiger partial charge on any atom is -0.363 e. The molecule has 2 rings (SSSR count). The summed E-state index contributed by atoms with van der Waals surface area (Å²) in [5.41, 5.74) is 0.866. The first-order valence-corrected chi connectivity index (χ1v) is 7.48. The predicted molar refractivity (Wildman–Crippen MR) is 90.4 cm³/mol. The maximum atomic E-state index is 11.4. The van der Waals surface area contributed by atoms with E-state index in [4.69, 9.17) is 10.5 Å². The van der Waals surface area contributed by atoms with Crippen molar-refractivity contribution in [3.63, 3.8) is 0 Å². The Hall–Kier alpha value is -3.61. The minimum atomic E-state index is -0.439. The molecule has 0 amide bonds. The SMILES string of the molecule is Cc1cc([N+](=O)[O-])c(N2CCNCC2)cc1NC(C#N)=C(C#N)C#N. The van der Waals surface area contributed by atoms with E-state index >= 15 is 0 Å². The van der Waals surface area contributed by atoms with E-state index in [0.29, 0.717) is 43.1 Å². The van der Waals surface area contributed by atoms with Crippen LogP contribution >= 0.6 is 0 Å². The lowest BCUT2D eigenvalue weighted by Gasteiger charge is -2.29. The van der Waals surface area contributed by atoms with E-state index in [-0.39, 0.29) is 17.0 Å². The molecule has 9 nitrogen and oxygen atoms in total. The Kier molecular flexibility index (Phi) is 5.52. The lowest BCUT2D eigenvalue weighted by atomic mass is 10.1. The molecule has 0 aromatic heterocycles. The molecule has 1 aliphatic rings. The highest BCUT2D eigenvalue weighted by Crippen LogP contribution is 2.34. The fourth-order valence-corrected chi connectivity index (χ4v) is 2.54. The summed E-state index contributed by atoms with van der Waals surface area (Å²) in [5, 5.41) is 44.4. The molecular weight excluding hydrogens is 322 g/mol. The number of anilines is 2. The fraction of sp³-hybridized carbons (Fsp3) is 0.312. The standard InChI is InChI=1S/C16H15N7O2/c1-11-6-16(23(24)25)15(22-4-2-20-3-5-22)7-13(11)21-14(10-19)12(8-17)9-18/h6-7,20-21H,2-5H2,1H3. The molecule has 0 saturated carbocycles. The summed E-state index contributed by atoms with van der Waals surface area (Å²) < 4.78 is 0. The number of aryl methyl sites for hydroxylation is 1. The van der Waals surface area contributed by atoms with Crippen LogP contribution in [0.15, 0.2) is 23.4 Å². The van der Waals surface area contributed by atoms with E-state index in [9.17, 15) is 15.4 Å². The van der Waals surface area contributed by atoms with Crippen LogP contribution in [-0.4, -0.2) is 31.1 Å². The monoisotopic (exact) mass is 337 g/mol. The molecule has 9 heteroatoms. The van der Waals surface area contributed by atoms with E-state index in [0.717, 1.165) is 0 Å². The molecule has 1 saturated heterocycles. The van der Waals surface area contributed by atoms with Crippen LogP contribution in [-0.2, 0) is 0 Å². The van der Waals surface area contributed by atoms with Gasteiger partial charge in [0.25, 0.3) is 5.69 Å². The van der Waals surface area contributed by atoms with Crippen molar-refractivity contribution in [3.05, 3.63) is 39.1 Å². The number of hydrogen-bond donors (Lipinski definition) is 2. The molecule has 1 aliphatic heterocycles. The minimum absolute atomic E-state index is 0.0202. The highest BCUT2D eigenvalue weighted by Gasteiger charge is 2.23. The average molecular weight is 337 g/mol. The molecule has 1 aromatic rings. The van der Waals surface area contributed by atoms with Crippen molar-refractivity contribution in [1.82, 2.24) is 5.32 Å². The van der Waals surface area contributed by atoms with Crippen LogP contribution < -0.4 is 15.5 Å². The highest BCUT2D eigenvalue weighted by atomic mass is 16.6. The van der Waals surface area contributed by atoms with Gasteiger partial charge in [-0.3, -0.25) is 10.1 Å². The van der Waals surface area contributed by atoms with E-state index < -0.39 is 4.92 Å². The van der Waals surface area contributed by atoms with Gasteiger partial charge in [-0.2, -0.15) is 15.8 Å². The van der Waals surface area contributed by atoms with Crippen molar-refractivity contribution < 1.29 is 4.92 Å². The number of nitrogens with one attached hydrogen (secondary N) is 2. The number of nitriles is 3. The largest absolute Gasteiger partial charge is 0.363 e. The molecule has 25 heavy (non-hydrogen) atoms. The number of hydrogen-bond acceptors (Lipinski definition) is 8. The molecule has 0 unspecified atom stereocenters. The van der Waals surface area contributed by atoms with Gasteiger partial charge < -0.3 is 15.5 Å². The Balaban J connectivity index is 2.52. The second kappa shape index (κ2) is 7.78. The zero-order valence-electron chi connectivity index (χ0n) is 13.5. The summed E-state index contributed by atoms with van der Waals surface area (Å²) in [4.78, 5) is 12.9. The summed E-state index contributed by atoms with van der Waals surface area (Å²) in [6, 6.07) is 8.10. The van der Waals surface area contributed by atoms with Gasteiger partial charge in [-0.05, 0) is 18.6 Å². The number of nitro groups is 1. The van der Waals surface area contributed by atoms with Crippen LogP contribution in [0.2, 0.25) is 0 Å². The van der Waals surface area contributed by atoms with Gasteiger partial charge in [0.05, 0.1) is 4.92 Å². The number of rotatable bonds is 4. The third kappa shape index (κ3) is 3.84. The van der Waals surface area contributed by atoms with E-state index in [1.165, 1.54) is 6.07 Å². The zero-order chi connectivity index (χ0) is 18.4. The van der Waals surface area contributed by atoms with E-state index in [1.807, 2.05) is 4.90 Å². The average Bonchev–Trinajstić information content (AvgIpc) is 2.63. The number of piperazine rings is 1. The Labute approximate surface area is 144 Å². The molecule has 1 fully saturated rings. The molecule has 2 N–H and O–H groups in total. The Morgan fingerprint density at radius 1 is 1.24 bits per heavy atom. The van der Waals surface area contributed by atoms with Crippen LogP contribution in [0.5, 0.6) is 0 Å². The lowest BCUT2D eigenvalue weighted by Crippen LogP contribution is -2.43. The quantitative estimate of drug-likeness (QED) is 0.478. The van der Waals surface area contributed by atoms with Gasteiger partial charge in [-0.1, -0.05) is 0 Å². The van der Waals surface area contributed by atoms with Gasteiger partial charge >= 0.3 is 0 Å².